The van der Waals surface area contributed by atoms with Crippen LogP contribution in [0.25, 0.3) is 17.0 Å². The van der Waals surface area contributed by atoms with Crippen molar-refractivity contribution in [3.8, 4) is 0 Å². The van der Waals surface area contributed by atoms with Gasteiger partial charge in [0.05, 0.1) is 0 Å². The van der Waals surface area contributed by atoms with Gasteiger partial charge in [0.25, 0.3) is 0 Å². The molecule has 0 saturated heterocycles. The molecule has 0 unspecified atom stereocenters. The van der Waals surface area contributed by atoms with E-state index in [-0.39, 0.29) is 5.03 Å². The number of fused-ring (bicyclic) bond motifs is 1. The van der Waals surface area contributed by atoms with Gasteiger partial charge in [0.2, 0.25) is 0 Å². The summed E-state index contributed by atoms with van der Waals surface area (Å²) in [6, 6.07) is 7.62. The van der Waals surface area contributed by atoms with E-state index in [9.17, 15) is 4.79 Å². The second-order valence-electron chi connectivity index (χ2n) is 3.09. The van der Waals surface area contributed by atoms with Crippen LogP contribution >= 0.6 is 11.6 Å². The molecule has 1 aromatic carbocycles. The van der Waals surface area contributed by atoms with Gasteiger partial charge < -0.3 is 10.1 Å². The van der Waals surface area contributed by atoms with Crippen LogP contribution < -0.4 is 0 Å². The Kier molecular flexibility index (Phi) is 2.47. The zero-order chi connectivity index (χ0) is 10.8. The molecule has 0 radical (unpaired) electrons. The van der Waals surface area contributed by atoms with Crippen LogP contribution in [0.1, 0.15) is 5.56 Å². The predicted octanol–water partition coefficient (Wildman–Crippen LogP) is 2.83. The van der Waals surface area contributed by atoms with Crippen molar-refractivity contribution in [2.75, 3.05) is 0 Å². The van der Waals surface area contributed by atoms with E-state index >= 15 is 0 Å². The molecule has 0 fully saturated rings. The van der Waals surface area contributed by atoms with Gasteiger partial charge in [-0.15, -0.1) is 0 Å². The number of aliphatic carboxylic acids is 1. The first-order valence-electron chi connectivity index (χ1n) is 4.35. The minimum absolute atomic E-state index is 0.195. The van der Waals surface area contributed by atoms with E-state index in [1.54, 1.807) is 6.20 Å². The van der Waals surface area contributed by atoms with Crippen molar-refractivity contribution in [1.29, 1.82) is 0 Å². The number of hydrogen-bond acceptors (Lipinski definition) is 1. The highest BCUT2D eigenvalue weighted by Crippen LogP contribution is 2.21. The molecule has 0 saturated carbocycles. The summed E-state index contributed by atoms with van der Waals surface area (Å²) in [5.41, 5.74) is 1.73. The first-order valence-corrected chi connectivity index (χ1v) is 4.73. The molecule has 0 aliphatic heterocycles. The van der Waals surface area contributed by atoms with Gasteiger partial charge in [0.1, 0.15) is 5.03 Å². The molecule has 2 aromatic rings. The number of aromatic nitrogens is 1. The quantitative estimate of drug-likeness (QED) is 0.767. The number of para-hydroxylation sites is 1. The van der Waals surface area contributed by atoms with Gasteiger partial charge in [0, 0.05) is 22.7 Å². The SMILES string of the molecule is O=C(O)/C(Cl)=C/c1c[nH]c2ccccc12. The predicted molar refractivity (Wildman–Crippen MR) is 59.8 cm³/mol. The summed E-state index contributed by atoms with van der Waals surface area (Å²) in [6.07, 6.45) is 3.17. The second kappa shape index (κ2) is 3.79. The molecular formula is C11H8ClNO2. The summed E-state index contributed by atoms with van der Waals surface area (Å²) in [4.78, 5) is 13.6. The van der Waals surface area contributed by atoms with Gasteiger partial charge in [-0.1, -0.05) is 29.8 Å². The standard InChI is InChI=1S/C11H8ClNO2/c12-9(11(14)15)5-7-6-13-10-4-2-1-3-8(7)10/h1-6,13H,(H,14,15)/b9-5-. The molecule has 1 aromatic heterocycles. The lowest BCUT2D eigenvalue weighted by Crippen LogP contribution is -1.92. The van der Waals surface area contributed by atoms with E-state index in [4.69, 9.17) is 16.7 Å². The molecule has 0 spiro atoms. The Morgan fingerprint density at radius 2 is 2.13 bits per heavy atom. The maximum atomic E-state index is 10.6. The van der Waals surface area contributed by atoms with Gasteiger partial charge in [0.15, 0.2) is 0 Å². The molecule has 0 aliphatic carbocycles. The van der Waals surface area contributed by atoms with Crippen LogP contribution in [0.2, 0.25) is 0 Å². The maximum absolute atomic E-state index is 10.6. The fourth-order valence-electron chi connectivity index (χ4n) is 1.41. The summed E-state index contributed by atoms with van der Waals surface area (Å²) in [5.74, 6) is -1.12. The number of benzene rings is 1. The highest BCUT2D eigenvalue weighted by atomic mass is 35.5. The van der Waals surface area contributed by atoms with Crippen LogP contribution in [0.15, 0.2) is 35.5 Å². The van der Waals surface area contributed by atoms with Crippen molar-refractivity contribution in [3.63, 3.8) is 0 Å². The molecule has 2 rings (SSSR count). The van der Waals surface area contributed by atoms with Crippen LogP contribution in [0, 0.1) is 0 Å². The Morgan fingerprint density at radius 1 is 1.40 bits per heavy atom. The molecule has 0 aliphatic rings. The Bertz CT molecular complexity index is 542. The molecule has 0 atom stereocenters. The molecule has 76 valence electrons. The molecule has 2 N–H and O–H groups in total. The van der Waals surface area contributed by atoms with E-state index in [1.807, 2.05) is 24.3 Å². The maximum Gasteiger partial charge on any atom is 0.347 e. The third-order valence-corrected chi connectivity index (χ3v) is 2.38. The molecule has 0 amide bonds. The number of carboxylic acids is 1. The Hall–Kier alpha value is -1.74. The normalized spacial score (nSPS) is 11.9. The fourth-order valence-corrected chi connectivity index (χ4v) is 1.53. The summed E-state index contributed by atoms with van der Waals surface area (Å²) in [7, 11) is 0. The Morgan fingerprint density at radius 3 is 2.87 bits per heavy atom. The number of H-pyrrole nitrogens is 1. The topological polar surface area (TPSA) is 53.1 Å². The van der Waals surface area contributed by atoms with Crippen molar-refractivity contribution in [3.05, 3.63) is 41.1 Å². The van der Waals surface area contributed by atoms with Crippen molar-refractivity contribution in [1.82, 2.24) is 4.98 Å². The number of carboxylic acid groups (broad SMARTS) is 1. The van der Waals surface area contributed by atoms with E-state index < -0.39 is 5.97 Å². The Labute approximate surface area is 91.0 Å². The minimum atomic E-state index is -1.12. The summed E-state index contributed by atoms with van der Waals surface area (Å²) >= 11 is 5.56. The van der Waals surface area contributed by atoms with Crippen molar-refractivity contribution < 1.29 is 9.90 Å². The van der Waals surface area contributed by atoms with Crippen LogP contribution in [0.5, 0.6) is 0 Å². The smallest absolute Gasteiger partial charge is 0.347 e. The van der Waals surface area contributed by atoms with Crippen LogP contribution in [-0.4, -0.2) is 16.1 Å². The third kappa shape index (κ3) is 1.87. The van der Waals surface area contributed by atoms with Crippen LogP contribution in [-0.2, 0) is 4.79 Å². The number of rotatable bonds is 2. The van der Waals surface area contributed by atoms with Crippen LogP contribution in [0.3, 0.4) is 0 Å². The molecule has 0 bridgehead atoms. The van der Waals surface area contributed by atoms with Crippen LogP contribution in [0.4, 0.5) is 0 Å². The molecule has 4 heteroatoms. The van der Waals surface area contributed by atoms with Crippen molar-refractivity contribution in [2.45, 2.75) is 0 Å². The first kappa shape index (κ1) is 9.80. The number of nitrogens with one attached hydrogen (secondary N) is 1. The molecular weight excluding hydrogens is 214 g/mol. The first-order chi connectivity index (χ1) is 7.18. The lowest BCUT2D eigenvalue weighted by Gasteiger charge is -1.92. The number of hydrogen-bond donors (Lipinski definition) is 2. The monoisotopic (exact) mass is 221 g/mol. The van der Waals surface area contributed by atoms with Gasteiger partial charge in [-0.25, -0.2) is 4.79 Å². The van der Waals surface area contributed by atoms with Crippen molar-refractivity contribution in [2.24, 2.45) is 0 Å². The van der Waals surface area contributed by atoms with Gasteiger partial charge >= 0.3 is 5.97 Å². The van der Waals surface area contributed by atoms with Gasteiger partial charge in [-0.2, -0.15) is 0 Å². The second-order valence-corrected chi connectivity index (χ2v) is 3.49. The van der Waals surface area contributed by atoms with E-state index in [2.05, 4.69) is 4.98 Å². The number of aromatic amines is 1. The van der Waals surface area contributed by atoms with Gasteiger partial charge in [-0.05, 0) is 12.1 Å². The summed E-state index contributed by atoms with van der Waals surface area (Å²) in [6.45, 7) is 0. The lowest BCUT2D eigenvalue weighted by molar-refractivity contribution is -0.131. The van der Waals surface area contributed by atoms with E-state index in [0.29, 0.717) is 0 Å². The third-order valence-electron chi connectivity index (χ3n) is 2.11. The Balaban J connectivity index is 2.54. The molecule has 1 heterocycles. The lowest BCUT2D eigenvalue weighted by atomic mass is 10.1. The van der Waals surface area contributed by atoms with Gasteiger partial charge in [-0.3, -0.25) is 0 Å². The summed E-state index contributed by atoms with van der Waals surface area (Å²) < 4.78 is 0. The average molecular weight is 222 g/mol. The zero-order valence-electron chi connectivity index (χ0n) is 7.70. The fraction of sp³-hybridized carbons (Fsp3) is 0. The van der Waals surface area contributed by atoms with E-state index in [0.717, 1.165) is 16.5 Å². The number of halogens is 1. The van der Waals surface area contributed by atoms with E-state index in [1.165, 1.54) is 6.08 Å². The summed E-state index contributed by atoms with van der Waals surface area (Å²) in [5, 5.41) is 9.40. The minimum Gasteiger partial charge on any atom is -0.477 e. The highest BCUT2D eigenvalue weighted by molar-refractivity contribution is 6.43. The molecule has 3 nitrogen and oxygen atoms in total. The molecule has 15 heavy (non-hydrogen) atoms. The van der Waals surface area contributed by atoms with Crippen molar-refractivity contribution >= 4 is 34.5 Å². The largest absolute Gasteiger partial charge is 0.477 e. The highest BCUT2D eigenvalue weighted by Gasteiger charge is 2.05. The average Bonchev–Trinajstić information content (AvgIpc) is 2.62. The zero-order valence-corrected chi connectivity index (χ0v) is 8.45. The number of carbonyl (C=O) groups is 1.